The monoisotopic (exact) mass is 395 g/mol. The van der Waals surface area contributed by atoms with Gasteiger partial charge in [0.25, 0.3) is 11.8 Å². The topological polar surface area (TPSA) is 118 Å². The number of rotatable bonds is 8. The first-order valence-electron chi connectivity index (χ1n) is 8.86. The van der Waals surface area contributed by atoms with Crippen LogP contribution in [-0.4, -0.2) is 37.5 Å². The van der Waals surface area contributed by atoms with Gasteiger partial charge in [0.15, 0.2) is 6.10 Å². The van der Waals surface area contributed by atoms with Crippen molar-refractivity contribution in [3.8, 4) is 11.8 Å². The van der Waals surface area contributed by atoms with Gasteiger partial charge in [-0.15, -0.1) is 0 Å². The average molecular weight is 395 g/mol. The third-order valence-electron chi connectivity index (χ3n) is 3.93. The quantitative estimate of drug-likeness (QED) is 0.662. The van der Waals surface area contributed by atoms with Gasteiger partial charge in [-0.2, -0.15) is 5.26 Å². The van der Waals surface area contributed by atoms with Gasteiger partial charge >= 0.3 is 5.97 Å². The van der Waals surface area contributed by atoms with E-state index in [4.69, 9.17) is 14.7 Å². The van der Waals surface area contributed by atoms with Gasteiger partial charge in [0.1, 0.15) is 5.75 Å². The van der Waals surface area contributed by atoms with Gasteiger partial charge in [0.05, 0.1) is 30.7 Å². The zero-order valence-corrected chi connectivity index (χ0v) is 16.1. The molecule has 8 heteroatoms. The Bertz CT molecular complexity index is 919. The van der Waals surface area contributed by atoms with Gasteiger partial charge in [-0.25, -0.2) is 0 Å². The minimum Gasteiger partial charge on any atom is -0.496 e. The maximum atomic E-state index is 12.2. The number of benzene rings is 2. The van der Waals surface area contributed by atoms with Crippen LogP contribution in [0.15, 0.2) is 48.5 Å². The molecule has 29 heavy (non-hydrogen) atoms. The first kappa shape index (κ1) is 21.4. The molecule has 0 aliphatic rings. The highest BCUT2D eigenvalue weighted by atomic mass is 16.5. The van der Waals surface area contributed by atoms with Crippen molar-refractivity contribution in [2.75, 3.05) is 19.0 Å². The zero-order chi connectivity index (χ0) is 21.2. The summed E-state index contributed by atoms with van der Waals surface area (Å²) in [6.45, 7) is 1.50. The number of ether oxygens (including phenoxy) is 2. The second-order valence-electron chi connectivity index (χ2n) is 6.02. The lowest BCUT2D eigenvalue weighted by atomic mass is 10.2. The van der Waals surface area contributed by atoms with E-state index in [1.54, 1.807) is 48.5 Å². The fourth-order valence-electron chi connectivity index (χ4n) is 2.39. The molecule has 2 amide bonds. The molecule has 2 N–H and O–H groups in total. The number of amides is 2. The summed E-state index contributed by atoms with van der Waals surface area (Å²) in [6.07, 6.45) is -1.10. The number of hydrogen-bond acceptors (Lipinski definition) is 6. The third-order valence-corrected chi connectivity index (χ3v) is 3.93. The Balaban J connectivity index is 1.77. The van der Waals surface area contributed by atoms with E-state index in [0.29, 0.717) is 22.6 Å². The summed E-state index contributed by atoms with van der Waals surface area (Å²) in [7, 11) is 1.47. The largest absolute Gasteiger partial charge is 0.496 e. The van der Waals surface area contributed by atoms with Crippen molar-refractivity contribution >= 4 is 23.5 Å². The van der Waals surface area contributed by atoms with Crippen molar-refractivity contribution in [1.29, 1.82) is 5.26 Å². The second-order valence-corrected chi connectivity index (χ2v) is 6.02. The minimum absolute atomic E-state index is 0.0552. The fourth-order valence-corrected chi connectivity index (χ4v) is 2.39. The van der Waals surface area contributed by atoms with Crippen molar-refractivity contribution in [3.63, 3.8) is 0 Å². The molecule has 0 aliphatic carbocycles. The van der Waals surface area contributed by atoms with Gasteiger partial charge < -0.3 is 20.1 Å². The molecule has 2 aromatic rings. The van der Waals surface area contributed by atoms with E-state index in [1.165, 1.54) is 14.0 Å². The minimum atomic E-state index is -1.01. The molecule has 1 atom stereocenters. The van der Waals surface area contributed by atoms with E-state index < -0.39 is 18.0 Å². The highest BCUT2D eigenvalue weighted by Gasteiger charge is 2.18. The number of methoxy groups -OCH3 is 1. The average Bonchev–Trinajstić information content (AvgIpc) is 2.74. The maximum absolute atomic E-state index is 12.2. The molecular weight excluding hydrogens is 374 g/mol. The van der Waals surface area contributed by atoms with Crippen LogP contribution >= 0.6 is 0 Å². The summed E-state index contributed by atoms with van der Waals surface area (Å²) in [5.74, 6) is -1.06. The van der Waals surface area contributed by atoms with Gasteiger partial charge in [0.2, 0.25) is 0 Å². The van der Waals surface area contributed by atoms with Gasteiger partial charge in [-0.05, 0) is 43.3 Å². The normalized spacial score (nSPS) is 10.9. The number of carbonyl (C=O) groups excluding carboxylic acids is 3. The number of nitrogens with zero attached hydrogens (tertiary/aromatic N) is 1. The lowest BCUT2D eigenvalue weighted by molar-refractivity contribution is -0.153. The van der Waals surface area contributed by atoms with E-state index in [9.17, 15) is 14.4 Å². The Morgan fingerprint density at radius 1 is 1.10 bits per heavy atom. The SMILES string of the molecule is COc1ccccc1C(=O)NCCC(=O)O[C@H](C)C(=O)Nc1ccc(C#N)cc1. The lowest BCUT2D eigenvalue weighted by Gasteiger charge is -2.14. The Morgan fingerprint density at radius 2 is 1.79 bits per heavy atom. The zero-order valence-electron chi connectivity index (χ0n) is 16.1. The molecule has 150 valence electrons. The third kappa shape index (κ3) is 6.36. The predicted octanol–water partition coefficient (Wildman–Crippen LogP) is 2.26. The van der Waals surface area contributed by atoms with Crippen molar-refractivity contribution in [1.82, 2.24) is 5.32 Å². The summed E-state index contributed by atoms with van der Waals surface area (Å²) >= 11 is 0. The Hall–Kier alpha value is -3.86. The molecule has 8 nitrogen and oxygen atoms in total. The van der Waals surface area contributed by atoms with E-state index in [0.717, 1.165) is 0 Å². The van der Waals surface area contributed by atoms with E-state index >= 15 is 0 Å². The van der Waals surface area contributed by atoms with Crippen LogP contribution in [0, 0.1) is 11.3 Å². The first-order valence-corrected chi connectivity index (χ1v) is 8.86. The molecule has 0 aromatic heterocycles. The van der Waals surface area contributed by atoms with E-state index in [1.807, 2.05) is 6.07 Å². The van der Waals surface area contributed by atoms with Gasteiger partial charge in [-0.3, -0.25) is 14.4 Å². The van der Waals surface area contributed by atoms with Crippen LogP contribution in [0.25, 0.3) is 0 Å². The number of nitriles is 1. The van der Waals surface area contributed by atoms with Crippen LogP contribution in [0.5, 0.6) is 5.75 Å². The molecule has 0 heterocycles. The summed E-state index contributed by atoms with van der Waals surface area (Å²) in [5.41, 5.74) is 1.32. The molecule has 0 bridgehead atoms. The summed E-state index contributed by atoms with van der Waals surface area (Å²) < 4.78 is 10.2. The molecule has 0 saturated carbocycles. The number of para-hydroxylation sites is 1. The number of hydrogen-bond donors (Lipinski definition) is 2. The Labute approximate surface area is 168 Å². The second kappa shape index (κ2) is 10.5. The molecule has 0 radical (unpaired) electrons. The molecule has 0 saturated heterocycles. The highest BCUT2D eigenvalue weighted by Crippen LogP contribution is 2.16. The van der Waals surface area contributed by atoms with Crippen LogP contribution in [0.4, 0.5) is 5.69 Å². The van der Waals surface area contributed by atoms with Crippen molar-refractivity contribution in [3.05, 3.63) is 59.7 Å². The van der Waals surface area contributed by atoms with Crippen molar-refractivity contribution in [2.24, 2.45) is 0 Å². The predicted molar refractivity (Wildman–Crippen MR) is 105 cm³/mol. The molecule has 2 aromatic carbocycles. The number of nitrogens with one attached hydrogen (secondary N) is 2. The van der Waals surface area contributed by atoms with Crippen LogP contribution in [0.3, 0.4) is 0 Å². The van der Waals surface area contributed by atoms with E-state index in [2.05, 4.69) is 10.6 Å². The van der Waals surface area contributed by atoms with Crippen molar-refractivity contribution in [2.45, 2.75) is 19.4 Å². The summed E-state index contributed by atoms with van der Waals surface area (Å²) in [5, 5.41) is 14.0. The first-order chi connectivity index (χ1) is 13.9. The molecule has 2 rings (SSSR count). The fraction of sp³-hybridized carbons (Fsp3) is 0.238. The highest BCUT2D eigenvalue weighted by molar-refractivity contribution is 5.97. The summed E-state index contributed by atoms with van der Waals surface area (Å²) in [4.78, 5) is 36.2. The smallest absolute Gasteiger partial charge is 0.308 e. The van der Waals surface area contributed by atoms with Gasteiger partial charge in [-0.1, -0.05) is 12.1 Å². The Morgan fingerprint density at radius 3 is 2.45 bits per heavy atom. The number of esters is 1. The van der Waals surface area contributed by atoms with Crippen molar-refractivity contribution < 1.29 is 23.9 Å². The molecule has 0 fully saturated rings. The number of carbonyl (C=O) groups is 3. The standard InChI is InChI=1S/C21H21N3O5/c1-14(20(26)24-16-9-7-15(13-22)8-10-16)29-19(25)11-12-23-21(27)17-5-3-4-6-18(17)28-2/h3-10,14H,11-12H2,1-2H3,(H,23,27)(H,24,26)/t14-/m1/s1. The molecule has 0 spiro atoms. The Kier molecular flexibility index (Phi) is 7.74. The van der Waals surface area contributed by atoms with Crippen LogP contribution in [0.1, 0.15) is 29.3 Å². The van der Waals surface area contributed by atoms with Gasteiger partial charge in [0, 0.05) is 12.2 Å². The van der Waals surface area contributed by atoms with Crippen LogP contribution < -0.4 is 15.4 Å². The summed E-state index contributed by atoms with van der Waals surface area (Å²) in [6, 6.07) is 15.0. The molecular formula is C21H21N3O5. The lowest BCUT2D eigenvalue weighted by Crippen LogP contribution is -2.32. The maximum Gasteiger partial charge on any atom is 0.308 e. The van der Waals surface area contributed by atoms with Crippen LogP contribution in [0.2, 0.25) is 0 Å². The van der Waals surface area contributed by atoms with E-state index in [-0.39, 0.29) is 18.9 Å². The number of anilines is 1. The van der Waals surface area contributed by atoms with Crippen LogP contribution in [-0.2, 0) is 14.3 Å². The molecule has 0 unspecified atom stereocenters. The molecule has 0 aliphatic heterocycles.